The summed E-state index contributed by atoms with van der Waals surface area (Å²) in [4.78, 5) is 20.8. The van der Waals surface area contributed by atoms with Crippen molar-refractivity contribution in [2.24, 2.45) is 5.41 Å². The molecule has 0 radical (unpaired) electrons. The summed E-state index contributed by atoms with van der Waals surface area (Å²) in [6.45, 7) is 6.41. The van der Waals surface area contributed by atoms with E-state index in [1.807, 2.05) is 20.8 Å². The van der Waals surface area contributed by atoms with E-state index in [2.05, 4.69) is 9.97 Å². The second-order valence-corrected chi connectivity index (χ2v) is 8.08. The number of halogens is 1. The largest absolute Gasteiger partial charge is 0.491 e. The highest BCUT2D eigenvalue weighted by Gasteiger charge is 2.47. The molecule has 0 aromatic carbocycles. The Morgan fingerprint density at radius 2 is 2.11 bits per heavy atom. The minimum Gasteiger partial charge on any atom is -0.491 e. The summed E-state index contributed by atoms with van der Waals surface area (Å²) in [6.07, 6.45) is 5.41. The van der Waals surface area contributed by atoms with Gasteiger partial charge in [0.05, 0.1) is 12.8 Å². The summed E-state index contributed by atoms with van der Waals surface area (Å²) in [5.41, 5.74) is 0.270. The topological polar surface area (TPSA) is 75.5 Å². The predicted molar refractivity (Wildman–Crippen MR) is 99.1 cm³/mol. The molecule has 144 valence electrons. The molecular formula is C20H24FN3O3. The van der Waals surface area contributed by atoms with E-state index in [4.69, 9.17) is 4.74 Å². The third-order valence-corrected chi connectivity index (χ3v) is 4.82. The van der Waals surface area contributed by atoms with E-state index < -0.39 is 17.6 Å². The van der Waals surface area contributed by atoms with Gasteiger partial charge in [-0.05, 0) is 45.7 Å². The molecule has 0 bridgehead atoms. The maximum absolute atomic E-state index is 14.1. The van der Waals surface area contributed by atoms with Gasteiger partial charge in [-0.15, -0.1) is 0 Å². The van der Waals surface area contributed by atoms with Crippen LogP contribution in [0.3, 0.4) is 0 Å². The van der Waals surface area contributed by atoms with Gasteiger partial charge in [0, 0.05) is 41.0 Å². The van der Waals surface area contributed by atoms with Gasteiger partial charge >= 0.3 is 6.09 Å². The van der Waals surface area contributed by atoms with Crippen molar-refractivity contribution in [3.8, 4) is 16.9 Å². The number of pyridine rings is 2. The predicted octanol–water partition coefficient (Wildman–Crippen LogP) is 4.22. The molecule has 0 atom stereocenters. The van der Waals surface area contributed by atoms with E-state index in [1.54, 1.807) is 30.6 Å². The van der Waals surface area contributed by atoms with Crippen LogP contribution in [0.5, 0.6) is 5.75 Å². The number of nitrogens with zero attached hydrogens (tertiary/aromatic N) is 3. The SMILES string of the molecule is CC(C)(C)N(CC1(COc2cnc(F)c(-c3cccnc3)c2)CC1)C(=O)O. The number of carbonyl (C=O) groups is 1. The van der Waals surface area contributed by atoms with Crippen molar-refractivity contribution in [2.45, 2.75) is 39.2 Å². The summed E-state index contributed by atoms with van der Waals surface area (Å²) < 4.78 is 19.9. The maximum Gasteiger partial charge on any atom is 0.407 e. The Morgan fingerprint density at radius 3 is 2.67 bits per heavy atom. The molecule has 0 unspecified atom stereocenters. The average Bonchev–Trinajstić information content (AvgIpc) is 3.39. The van der Waals surface area contributed by atoms with Crippen LogP contribution < -0.4 is 4.74 Å². The lowest BCUT2D eigenvalue weighted by Crippen LogP contribution is -2.48. The molecule has 2 heterocycles. The van der Waals surface area contributed by atoms with Crippen LogP contribution in [0.1, 0.15) is 33.6 Å². The second-order valence-electron chi connectivity index (χ2n) is 8.08. The first kappa shape index (κ1) is 19.1. The van der Waals surface area contributed by atoms with Gasteiger partial charge in [-0.2, -0.15) is 4.39 Å². The molecule has 1 saturated carbocycles. The molecule has 2 aromatic heterocycles. The summed E-state index contributed by atoms with van der Waals surface area (Å²) in [5, 5.41) is 9.51. The normalized spacial score (nSPS) is 15.3. The molecule has 1 amide bonds. The molecule has 0 spiro atoms. The van der Waals surface area contributed by atoms with Gasteiger partial charge in [0.1, 0.15) is 5.75 Å². The first-order valence-electron chi connectivity index (χ1n) is 8.90. The minimum atomic E-state index is -0.934. The van der Waals surface area contributed by atoms with Crippen LogP contribution in [0.15, 0.2) is 36.8 Å². The third-order valence-electron chi connectivity index (χ3n) is 4.82. The first-order valence-corrected chi connectivity index (χ1v) is 8.90. The Balaban J connectivity index is 1.71. The number of rotatable bonds is 6. The van der Waals surface area contributed by atoms with Crippen molar-refractivity contribution < 1.29 is 19.0 Å². The van der Waals surface area contributed by atoms with Crippen molar-refractivity contribution in [3.63, 3.8) is 0 Å². The Hall–Kier alpha value is -2.70. The van der Waals surface area contributed by atoms with Crippen LogP contribution in [0.25, 0.3) is 11.1 Å². The molecule has 0 aliphatic heterocycles. The summed E-state index contributed by atoms with van der Waals surface area (Å²) in [5.74, 6) is -0.125. The van der Waals surface area contributed by atoms with Gasteiger partial charge in [-0.3, -0.25) is 4.98 Å². The zero-order chi connectivity index (χ0) is 19.7. The van der Waals surface area contributed by atoms with E-state index in [-0.39, 0.29) is 5.41 Å². The number of ether oxygens (including phenoxy) is 1. The van der Waals surface area contributed by atoms with Gasteiger partial charge in [0.2, 0.25) is 5.95 Å². The molecule has 3 rings (SSSR count). The lowest BCUT2D eigenvalue weighted by molar-refractivity contribution is 0.0746. The number of carboxylic acid groups (broad SMARTS) is 1. The Labute approximate surface area is 158 Å². The average molecular weight is 373 g/mol. The second kappa shape index (κ2) is 7.13. The van der Waals surface area contributed by atoms with Gasteiger partial charge in [-0.1, -0.05) is 6.07 Å². The quantitative estimate of drug-likeness (QED) is 0.767. The highest BCUT2D eigenvalue weighted by molar-refractivity contribution is 5.66. The first-order chi connectivity index (χ1) is 12.7. The molecule has 1 N–H and O–H groups in total. The molecule has 1 aliphatic rings. The lowest BCUT2D eigenvalue weighted by atomic mass is 10.0. The van der Waals surface area contributed by atoms with Crippen LogP contribution in [-0.2, 0) is 0 Å². The zero-order valence-corrected chi connectivity index (χ0v) is 15.8. The van der Waals surface area contributed by atoms with E-state index in [0.717, 1.165) is 12.8 Å². The fraction of sp³-hybridized carbons (Fsp3) is 0.450. The Bertz CT molecular complexity index is 817. The number of hydrogen-bond acceptors (Lipinski definition) is 4. The van der Waals surface area contributed by atoms with Crippen molar-refractivity contribution >= 4 is 6.09 Å². The number of hydrogen-bond donors (Lipinski definition) is 1. The van der Waals surface area contributed by atoms with Crippen LogP contribution >= 0.6 is 0 Å². The van der Waals surface area contributed by atoms with E-state index >= 15 is 0 Å². The molecule has 2 aromatic rings. The zero-order valence-electron chi connectivity index (χ0n) is 15.8. The maximum atomic E-state index is 14.1. The molecule has 27 heavy (non-hydrogen) atoms. The van der Waals surface area contributed by atoms with Gasteiger partial charge in [0.15, 0.2) is 0 Å². The van der Waals surface area contributed by atoms with E-state index in [0.29, 0.717) is 30.0 Å². The highest BCUT2D eigenvalue weighted by atomic mass is 19.1. The minimum absolute atomic E-state index is 0.200. The molecule has 1 fully saturated rings. The summed E-state index contributed by atoms with van der Waals surface area (Å²) in [6, 6.07) is 5.09. The standard InChI is InChI=1S/C20H24FN3O3/c1-19(2,3)24(18(25)26)12-20(6-7-20)13-27-15-9-16(17(21)23-11-15)14-5-4-8-22-10-14/h4-5,8-11H,6-7,12-13H2,1-3H3,(H,25,26). The van der Waals surface area contributed by atoms with Crippen molar-refractivity contribution in [1.82, 2.24) is 14.9 Å². The van der Waals surface area contributed by atoms with Gasteiger partial charge in [0.25, 0.3) is 0 Å². The van der Waals surface area contributed by atoms with Crippen molar-refractivity contribution in [3.05, 3.63) is 42.7 Å². The molecular weight excluding hydrogens is 349 g/mol. The Morgan fingerprint density at radius 1 is 1.37 bits per heavy atom. The molecule has 1 aliphatic carbocycles. The number of aromatic nitrogens is 2. The Kier molecular flexibility index (Phi) is 5.04. The fourth-order valence-electron chi connectivity index (χ4n) is 2.92. The van der Waals surface area contributed by atoms with E-state index in [9.17, 15) is 14.3 Å². The van der Waals surface area contributed by atoms with Crippen LogP contribution in [0.4, 0.5) is 9.18 Å². The van der Waals surface area contributed by atoms with Crippen LogP contribution in [0.2, 0.25) is 0 Å². The molecule has 0 saturated heterocycles. The highest BCUT2D eigenvalue weighted by Crippen LogP contribution is 2.47. The third kappa shape index (κ3) is 4.53. The van der Waals surface area contributed by atoms with Crippen LogP contribution in [-0.4, -0.2) is 44.8 Å². The summed E-state index contributed by atoms with van der Waals surface area (Å²) >= 11 is 0. The van der Waals surface area contributed by atoms with Crippen LogP contribution in [0, 0.1) is 11.4 Å². The van der Waals surface area contributed by atoms with E-state index in [1.165, 1.54) is 11.1 Å². The summed E-state index contributed by atoms with van der Waals surface area (Å²) in [7, 11) is 0. The number of amides is 1. The smallest absolute Gasteiger partial charge is 0.407 e. The van der Waals surface area contributed by atoms with Crippen molar-refractivity contribution in [1.29, 1.82) is 0 Å². The molecule has 6 nitrogen and oxygen atoms in total. The van der Waals surface area contributed by atoms with Crippen molar-refractivity contribution in [2.75, 3.05) is 13.2 Å². The fourth-order valence-corrected chi connectivity index (χ4v) is 2.92. The molecule has 7 heteroatoms. The monoisotopic (exact) mass is 373 g/mol. The van der Waals surface area contributed by atoms with Gasteiger partial charge in [-0.25, -0.2) is 9.78 Å². The van der Waals surface area contributed by atoms with Gasteiger partial charge < -0.3 is 14.7 Å². The lowest BCUT2D eigenvalue weighted by Gasteiger charge is -2.36.